The van der Waals surface area contributed by atoms with Crippen molar-refractivity contribution in [1.82, 2.24) is 0 Å². The van der Waals surface area contributed by atoms with E-state index in [9.17, 15) is 18.3 Å². The van der Waals surface area contributed by atoms with Crippen LogP contribution in [0.1, 0.15) is 23.8 Å². The predicted molar refractivity (Wildman–Crippen MR) is 57.3 cm³/mol. The summed E-state index contributed by atoms with van der Waals surface area (Å²) in [6.45, 7) is 3.20. The number of hydrogen-bond acceptors (Lipinski definition) is 3. The topological polar surface area (TPSA) is 46.2 Å². The maximum absolute atomic E-state index is 12.9. The number of aliphatic hydroxyl groups is 1. The Morgan fingerprint density at radius 1 is 1.50 bits per heavy atom. The van der Waals surface area contributed by atoms with E-state index in [4.69, 9.17) is 5.73 Å². The molecule has 0 aromatic carbocycles. The maximum atomic E-state index is 12.9. The van der Waals surface area contributed by atoms with Crippen LogP contribution in [0.15, 0.2) is 11.4 Å². The minimum absolute atomic E-state index is 0.0465. The molecule has 0 bridgehead atoms. The van der Waals surface area contributed by atoms with Crippen LogP contribution >= 0.6 is 11.3 Å². The van der Waals surface area contributed by atoms with Gasteiger partial charge < -0.3 is 10.8 Å². The second kappa shape index (κ2) is 4.35. The number of rotatable bonds is 3. The van der Waals surface area contributed by atoms with Crippen molar-refractivity contribution in [1.29, 1.82) is 0 Å². The number of aryl methyl sites for hydroxylation is 1. The van der Waals surface area contributed by atoms with Gasteiger partial charge in [-0.15, -0.1) is 11.3 Å². The van der Waals surface area contributed by atoms with E-state index in [1.165, 1.54) is 18.4 Å². The van der Waals surface area contributed by atoms with Gasteiger partial charge in [0.1, 0.15) is 0 Å². The van der Waals surface area contributed by atoms with Crippen molar-refractivity contribution in [3.05, 3.63) is 21.9 Å². The van der Waals surface area contributed by atoms with Gasteiger partial charge in [-0.05, 0) is 24.8 Å². The van der Waals surface area contributed by atoms with Crippen molar-refractivity contribution in [3.8, 4) is 0 Å². The van der Waals surface area contributed by atoms with Gasteiger partial charge in [-0.25, -0.2) is 0 Å². The van der Waals surface area contributed by atoms with Crippen molar-refractivity contribution in [2.24, 2.45) is 5.73 Å². The minimum Gasteiger partial charge on any atom is -0.375 e. The largest absolute Gasteiger partial charge is 0.423 e. The lowest BCUT2D eigenvalue weighted by molar-refractivity contribution is -0.274. The van der Waals surface area contributed by atoms with Crippen LogP contribution in [0.3, 0.4) is 0 Å². The van der Waals surface area contributed by atoms with Gasteiger partial charge in [0.15, 0.2) is 0 Å². The molecule has 0 amide bonds. The number of thiophene rings is 1. The van der Waals surface area contributed by atoms with E-state index in [1.807, 2.05) is 0 Å². The highest BCUT2D eigenvalue weighted by molar-refractivity contribution is 7.10. The minimum atomic E-state index is -4.77. The third kappa shape index (κ3) is 2.09. The van der Waals surface area contributed by atoms with Gasteiger partial charge in [-0.3, -0.25) is 0 Å². The van der Waals surface area contributed by atoms with E-state index >= 15 is 0 Å². The van der Waals surface area contributed by atoms with E-state index in [0.29, 0.717) is 4.88 Å². The molecule has 1 aromatic rings. The molecule has 92 valence electrons. The van der Waals surface area contributed by atoms with E-state index in [-0.39, 0.29) is 12.0 Å². The molecular formula is C10H14F3NOS. The molecule has 2 atom stereocenters. The first kappa shape index (κ1) is 13.5. The maximum Gasteiger partial charge on any atom is 0.423 e. The van der Waals surface area contributed by atoms with Gasteiger partial charge in [0.05, 0.1) is 0 Å². The van der Waals surface area contributed by atoms with Crippen LogP contribution in [0.25, 0.3) is 0 Å². The van der Waals surface area contributed by atoms with Gasteiger partial charge in [0.2, 0.25) is 5.60 Å². The van der Waals surface area contributed by atoms with E-state index in [0.717, 1.165) is 11.3 Å². The first-order valence-corrected chi connectivity index (χ1v) is 5.71. The fraction of sp³-hybridized carbons (Fsp3) is 0.600. The molecule has 16 heavy (non-hydrogen) atoms. The molecule has 1 aromatic heterocycles. The summed E-state index contributed by atoms with van der Waals surface area (Å²) in [5.74, 6) is 0. The van der Waals surface area contributed by atoms with Crippen molar-refractivity contribution < 1.29 is 18.3 Å². The summed E-state index contributed by atoms with van der Waals surface area (Å²) in [6.07, 6.45) is -4.72. The zero-order valence-electron chi connectivity index (χ0n) is 9.01. The third-order valence-corrected chi connectivity index (χ3v) is 3.44. The van der Waals surface area contributed by atoms with Crippen LogP contribution in [-0.4, -0.2) is 17.3 Å². The summed E-state index contributed by atoms with van der Waals surface area (Å²) < 4.78 is 38.7. The summed E-state index contributed by atoms with van der Waals surface area (Å²) in [6, 6.07) is -0.0327. The van der Waals surface area contributed by atoms with E-state index < -0.39 is 17.8 Å². The lowest BCUT2D eigenvalue weighted by atomic mass is 9.86. The molecule has 1 heterocycles. The Labute approximate surface area is 95.9 Å². The molecule has 3 N–H and O–H groups in total. The first-order chi connectivity index (χ1) is 7.23. The fourth-order valence-electron chi connectivity index (χ4n) is 1.53. The second-order valence-corrected chi connectivity index (χ2v) is 4.84. The van der Waals surface area contributed by atoms with Crippen molar-refractivity contribution >= 4 is 11.3 Å². The van der Waals surface area contributed by atoms with Gasteiger partial charge in [-0.1, -0.05) is 6.92 Å². The van der Waals surface area contributed by atoms with Gasteiger partial charge in [0.25, 0.3) is 0 Å². The average molecular weight is 253 g/mol. The van der Waals surface area contributed by atoms with Gasteiger partial charge >= 0.3 is 6.18 Å². The number of nitrogens with two attached hydrogens (primary N) is 1. The molecular weight excluding hydrogens is 239 g/mol. The smallest absolute Gasteiger partial charge is 0.375 e. The van der Waals surface area contributed by atoms with Crippen molar-refractivity contribution in [2.75, 3.05) is 0 Å². The molecule has 1 rings (SSSR count). The summed E-state index contributed by atoms with van der Waals surface area (Å²) in [5, 5.41) is 11.2. The Morgan fingerprint density at radius 3 is 2.38 bits per heavy atom. The Kier molecular flexibility index (Phi) is 3.66. The van der Waals surface area contributed by atoms with Crippen LogP contribution in [0, 0.1) is 6.92 Å². The lowest BCUT2D eigenvalue weighted by Gasteiger charge is -2.34. The normalized spacial score (nSPS) is 18.2. The van der Waals surface area contributed by atoms with Crippen LogP contribution in [0.4, 0.5) is 13.2 Å². The van der Waals surface area contributed by atoms with Crippen molar-refractivity contribution in [2.45, 2.75) is 38.1 Å². The standard InChI is InChI=1S/C10H14F3NOS/c1-3-8(14)9(15,10(11,12)13)7-4-6(2)16-5-7/h4-5,8,15H,3,14H2,1-2H3. The summed E-state index contributed by atoms with van der Waals surface area (Å²) >= 11 is 1.16. The molecule has 0 aliphatic heterocycles. The number of alkyl halides is 3. The number of hydrogen-bond donors (Lipinski definition) is 2. The van der Waals surface area contributed by atoms with E-state index in [1.54, 1.807) is 6.92 Å². The molecule has 0 aliphatic carbocycles. The average Bonchev–Trinajstić information content (AvgIpc) is 2.60. The van der Waals surface area contributed by atoms with Crippen LogP contribution in [-0.2, 0) is 5.60 Å². The second-order valence-electron chi connectivity index (χ2n) is 3.72. The Balaban J connectivity index is 3.25. The SMILES string of the molecule is CCC(N)C(O)(c1csc(C)c1)C(F)(F)F. The molecule has 0 fully saturated rings. The van der Waals surface area contributed by atoms with Crippen molar-refractivity contribution in [3.63, 3.8) is 0 Å². The highest BCUT2D eigenvalue weighted by Gasteiger charge is 2.58. The molecule has 0 aliphatic rings. The predicted octanol–water partition coefficient (Wildman–Crippen LogP) is 2.54. The van der Waals surface area contributed by atoms with Crippen LogP contribution in [0.5, 0.6) is 0 Å². The lowest BCUT2D eigenvalue weighted by Crippen LogP contribution is -2.55. The fourth-order valence-corrected chi connectivity index (χ4v) is 2.28. The van der Waals surface area contributed by atoms with E-state index in [2.05, 4.69) is 0 Å². The van der Waals surface area contributed by atoms with Crippen LogP contribution in [0.2, 0.25) is 0 Å². The Bertz CT molecular complexity index is 363. The Hall–Kier alpha value is -0.590. The molecule has 2 unspecified atom stereocenters. The van der Waals surface area contributed by atoms with Crippen LogP contribution < -0.4 is 5.73 Å². The summed E-state index contributed by atoms with van der Waals surface area (Å²) in [5.41, 5.74) is 2.29. The molecule has 0 radical (unpaired) electrons. The zero-order valence-corrected chi connectivity index (χ0v) is 9.82. The summed E-state index contributed by atoms with van der Waals surface area (Å²) in [4.78, 5) is 0.709. The van der Waals surface area contributed by atoms with Gasteiger partial charge in [-0.2, -0.15) is 13.2 Å². The summed E-state index contributed by atoms with van der Waals surface area (Å²) in [7, 11) is 0. The molecule has 0 saturated carbocycles. The Morgan fingerprint density at radius 2 is 2.06 bits per heavy atom. The third-order valence-electron chi connectivity index (χ3n) is 2.58. The monoisotopic (exact) mass is 253 g/mol. The first-order valence-electron chi connectivity index (χ1n) is 4.83. The quantitative estimate of drug-likeness (QED) is 0.869. The van der Waals surface area contributed by atoms with Gasteiger partial charge in [0, 0.05) is 16.5 Å². The highest BCUT2D eigenvalue weighted by Crippen LogP contribution is 2.43. The zero-order chi connectivity index (χ0) is 12.6. The molecule has 2 nitrogen and oxygen atoms in total. The highest BCUT2D eigenvalue weighted by atomic mass is 32.1. The molecule has 6 heteroatoms. The molecule has 0 saturated heterocycles. The number of halogens is 3. The molecule has 0 spiro atoms.